The lowest BCUT2D eigenvalue weighted by Gasteiger charge is -2.23. The molecule has 1 aromatic heterocycles. The number of nitrogens with one attached hydrogen (secondary N) is 1. The first-order valence-electron chi connectivity index (χ1n) is 6.14. The van der Waals surface area contributed by atoms with Crippen molar-refractivity contribution in [2.45, 2.75) is 39.0 Å². The van der Waals surface area contributed by atoms with E-state index >= 15 is 0 Å². The molecule has 0 aromatic carbocycles. The molecule has 0 radical (unpaired) electrons. The minimum atomic E-state index is -0.865. The molecule has 0 bridgehead atoms. The molecule has 1 atom stereocenters. The van der Waals surface area contributed by atoms with Gasteiger partial charge in [-0.3, -0.25) is 0 Å². The first-order chi connectivity index (χ1) is 9.31. The molecule has 1 heterocycles. The number of carbonyl (C=O) groups excluding carboxylic acids is 2. The van der Waals surface area contributed by atoms with Gasteiger partial charge in [-0.2, -0.15) is 0 Å². The molecule has 0 saturated carbocycles. The van der Waals surface area contributed by atoms with E-state index in [9.17, 15) is 9.59 Å². The Labute approximate surface area is 123 Å². The van der Waals surface area contributed by atoms with E-state index in [0.29, 0.717) is 0 Å². The van der Waals surface area contributed by atoms with Crippen LogP contribution in [0.4, 0.5) is 4.79 Å². The summed E-state index contributed by atoms with van der Waals surface area (Å²) in [5, 5.41) is 2.48. The maximum Gasteiger partial charge on any atom is 0.408 e. The zero-order chi connectivity index (χ0) is 15.2. The molecule has 112 valence electrons. The fourth-order valence-corrected chi connectivity index (χ4v) is 1.59. The van der Waals surface area contributed by atoms with Gasteiger partial charge >= 0.3 is 12.1 Å². The van der Waals surface area contributed by atoms with E-state index in [2.05, 4.69) is 5.32 Å². The SMILES string of the molecule is CC(C)(C)OC(=O)NC(Cn1cccc1)C(=O)OCCl. The summed E-state index contributed by atoms with van der Waals surface area (Å²) in [4.78, 5) is 23.5. The van der Waals surface area contributed by atoms with Crippen LogP contribution in [0.3, 0.4) is 0 Å². The Balaban J connectivity index is 2.67. The Morgan fingerprint density at radius 2 is 1.90 bits per heavy atom. The first-order valence-corrected chi connectivity index (χ1v) is 6.68. The molecule has 0 saturated heterocycles. The van der Waals surface area contributed by atoms with Crippen LogP contribution in [0, 0.1) is 0 Å². The number of hydrogen-bond acceptors (Lipinski definition) is 4. The van der Waals surface area contributed by atoms with E-state index in [4.69, 9.17) is 21.1 Å². The van der Waals surface area contributed by atoms with Crippen molar-refractivity contribution in [1.29, 1.82) is 0 Å². The van der Waals surface area contributed by atoms with Crippen LogP contribution in [0.5, 0.6) is 0 Å². The van der Waals surface area contributed by atoms with Gasteiger partial charge in [0, 0.05) is 12.4 Å². The van der Waals surface area contributed by atoms with Crippen LogP contribution >= 0.6 is 11.6 Å². The second kappa shape index (κ2) is 7.19. The molecule has 20 heavy (non-hydrogen) atoms. The van der Waals surface area contributed by atoms with Crippen molar-refractivity contribution in [3.05, 3.63) is 24.5 Å². The van der Waals surface area contributed by atoms with E-state index in [-0.39, 0.29) is 12.6 Å². The number of halogens is 1. The molecule has 0 fully saturated rings. The molecule has 0 spiro atoms. The summed E-state index contributed by atoms with van der Waals surface area (Å²) < 4.78 is 11.6. The van der Waals surface area contributed by atoms with Crippen LogP contribution in [0.2, 0.25) is 0 Å². The van der Waals surface area contributed by atoms with Gasteiger partial charge in [0.2, 0.25) is 0 Å². The van der Waals surface area contributed by atoms with Crippen molar-refractivity contribution in [2.75, 3.05) is 6.07 Å². The van der Waals surface area contributed by atoms with Gasteiger partial charge in [0.25, 0.3) is 0 Å². The number of nitrogens with zero attached hydrogens (tertiary/aromatic N) is 1. The normalized spacial score (nSPS) is 12.6. The molecule has 1 aromatic rings. The van der Waals surface area contributed by atoms with Crippen LogP contribution in [-0.2, 0) is 20.8 Å². The molecule has 0 aliphatic carbocycles. The lowest BCUT2D eigenvalue weighted by atomic mass is 10.2. The standard InChI is InChI=1S/C13H19ClN2O4/c1-13(2,3)20-12(18)15-10(11(17)19-9-14)8-16-6-4-5-7-16/h4-7,10H,8-9H2,1-3H3,(H,15,18). The zero-order valence-electron chi connectivity index (χ0n) is 11.8. The van der Waals surface area contributed by atoms with Crippen LogP contribution in [-0.4, -0.2) is 34.3 Å². The van der Waals surface area contributed by atoms with Gasteiger partial charge in [-0.25, -0.2) is 9.59 Å². The highest BCUT2D eigenvalue weighted by atomic mass is 35.5. The smallest absolute Gasteiger partial charge is 0.408 e. The zero-order valence-corrected chi connectivity index (χ0v) is 12.5. The van der Waals surface area contributed by atoms with E-state index < -0.39 is 23.7 Å². The molecule has 1 N–H and O–H groups in total. The molecule has 1 amide bonds. The number of ether oxygens (including phenoxy) is 2. The number of hydrogen-bond donors (Lipinski definition) is 1. The second-order valence-electron chi connectivity index (χ2n) is 5.15. The van der Waals surface area contributed by atoms with Gasteiger partial charge in [0.15, 0.2) is 6.07 Å². The lowest BCUT2D eigenvalue weighted by molar-refractivity contribution is -0.144. The van der Waals surface area contributed by atoms with Crippen molar-refractivity contribution in [3.63, 3.8) is 0 Å². The summed E-state index contributed by atoms with van der Waals surface area (Å²) in [5.41, 5.74) is -0.640. The predicted molar refractivity (Wildman–Crippen MR) is 74.4 cm³/mol. The quantitative estimate of drug-likeness (QED) is 0.668. The van der Waals surface area contributed by atoms with E-state index in [1.165, 1.54) is 0 Å². The van der Waals surface area contributed by atoms with Crippen molar-refractivity contribution in [1.82, 2.24) is 9.88 Å². The highest BCUT2D eigenvalue weighted by Crippen LogP contribution is 2.07. The lowest BCUT2D eigenvalue weighted by Crippen LogP contribution is -2.46. The largest absolute Gasteiger partial charge is 0.448 e. The molecule has 6 nitrogen and oxygen atoms in total. The number of alkyl halides is 1. The fourth-order valence-electron chi connectivity index (χ4n) is 1.49. The van der Waals surface area contributed by atoms with E-state index in [1.807, 2.05) is 12.1 Å². The third-order valence-corrected chi connectivity index (χ3v) is 2.34. The molecular formula is C13H19ClN2O4. The Bertz CT molecular complexity index is 440. The predicted octanol–water partition coefficient (Wildman–Crippen LogP) is 2.12. The topological polar surface area (TPSA) is 69.6 Å². The summed E-state index contributed by atoms with van der Waals surface area (Å²) in [5.74, 6) is -0.612. The Morgan fingerprint density at radius 1 is 1.30 bits per heavy atom. The molecular weight excluding hydrogens is 284 g/mol. The Hall–Kier alpha value is -1.69. The van der Waals surface area contributed by atoms with Crippen molar-refractivity contribution < 1.29 is 19.1 Å². The minimum absolute atomic E-state index is 0.238. The fraction of sp³-hybridized carbons (Fsp3) is 0.538. The number of carbonyl (C=O) groups is 2. The van der Waals surface area contributed by atoms with Gasteiger partial charge in [0.1, 0.15) is 11.6 Å². The van der Waals surface area contributed by atoms with Crippen LogP contribution < -0.4 is 5.32 Å². The van der Waals surface area contributed by atoms with E-state index in [0.717, 1.165) is 0 Å². The average Bonchev–Trinajstić information content (AvgIpc) is 2.78. The molecule has 7 heteroatoms. The van der Waals surface area contributed by atoms with Gasteiger partial charge < -0.3 is 19.4 Å². The monoisotopic (exact) mass is 302 g/mol. The number of rotatable bonds is 5. The maximum absolute atomic E-state index is 11.8. The minimum Gasteiger partial charge on any atom is -0.448 e. The molecule has 1 rings (SSSR count). The first kappa shape index (κ1) is 16.4. The average molecular weight is 303 g/mol. The Morgan fingerprint density at radius 3 is 2.40 bits per heavy atom. The summed E-state index contributed by atoms with van der Waals surface area (Å²) in [6, 6.07) is 2.50. The van der Waals surface area contributed by atoms with Gasteiger partial charge in [-0.1, -0.05) is 11.6 Å². The molecule has 0 aliphatic heterocycles. The maximum atomic E-state index is 11.8. The summed E-state index contributed by atoms with van der Waals surface area (Å²) in [7, 11) is 0. The summed E-state index contributed by atoms with van der Waals surface area (Å²) >= 11 is 5.37. The van der Waals surface area contributed by atoms with Crippen LogP contribution in [0.25, 0.3) is 0 Å². The van der Waals surface area contributed by atoms with E-state index in [1.54, 1.807) is 37.7 Å². The van der Waals surface area contributed by atoms with Crippen LogP contribution in [0.1, 0.15) is 20.8 Å². The number of aromatic nitrogens is 1. The number of amides is 1. The molecule has 1 unspecified atom stereocenters. The summed E-state index contributed by atoms with van der Waals surface area (Å²) in [6.45, 7) is 5.46. The van der Waals surface area contributed by atoms with Crippen molar-refractivity contribution in [3.8, 4) is 0 Å². The summed E-state index contributed by atoms with van der Waals surface area (Å²) in [6.07, 6.45) is 2.87. The highest BCUT2D eigenvalue weighted by molar-refractivity contribution is 6.17. The van der Waals surface area contributed by atoms with Crippen molar-refractivity contribution >= 4 is 23.7 Å². The second-order valence-corrected chi connectivity index (χ2v) is 5.37. The van der Waals surface area contributed by atoms with Crippen molar-refractivity contribution in [2.24, 2.45) is 0 Å². The van der Waals surface area contributed by atoms with Crippen LogP contribution in [0.15, 0.2) is 24.5 Å². The third kappa shape index (κ3) is 5.97. The molecule has 0 aliphatic rings. The van der Waals surface area contributed by atoms with Gasteiger partial charge in [-0.15, -0.1) is 0 Å². The van der Waals surface area contributed by atoms with Gasteiger partial charge in [-0.05, 0) is 32.9 Å². The third-order valence-electron chi connectivity index (χ3n) is 2.23. The van der Waals surface area contributed by atoms with Gasteiger partial charge in [0.05, 0.1) is 6.54 Å². The highest BCUT2D eigenvalue weighted by Gasteiger charge is 2.25. The number of esters is 1. The number of alkyl carbamates (subject to hydrolysis) is 1. The Kier molecular flexibility index (Phi) is 5.88.